The molecule has 1 aromatic heterocycles. The molecular weight excluding hydrogens is 395 g/mol. The molecule has 1 rings (SSSR count). The van der Waals surface area contributed by atoms with Gasteiger partial charge in [-0.3, -0.25) is 4.99 Å². The first kappa shape index (κ1) is 21.2. The Labute approximate surface area is 150 Å². The minimum atomic E-state index is 0. The third kappa shape index (κ3) is 7.98. The molecule has 0 aliphatic carbocycles. The quantitative estimate of drug-likeness (QED) is 0.276. The second-order valence-corrected chi connectivity index (χ2v) is 4.88. The standard InChI is InChI=1S/C15H28N4O2.HI/c1-5-20-11-7-6-9-17-15(16-4)18-10-8-14-12(2)19-21-13(14)3;/h5-11H2,1-4H3,(H2,16,17,18);1H. The highest BCUT2D eigenvalue weighted by Gasteiger charge is 2.08. The summed E-state index contributed by atoms with van der Waals surface area (Å²) < 4.78 is 10.5. The van der Waals surface area contributed by atoms with Crippen molar-refractivity contribution >= 4 is 29.9 Å². The predicted octanol–water partition coefficient (Wildman–Crippen LogP) is 2.43. The maximum atomic E-state index is 5.31. The lowest BCUT2D eigenvalue weighted by molar-refractivity contribution is 0.143. The first-order valence-electron chi connectivity index (χ1n) is 7.63. The molecular formula is C15H29IN4O2. The van der Waals surface area contributed by atoms with E-state index in [1.807, 2.05) is 20.8 Å². The Morgan fingerprint density at radius 3 is 2.55 bits per heavy atom. The monoisotopic (exact) mass is 424 g/mol. The van der Waals surface area contributed by atoms with Crippen LogP contribution >= 0.6 is 24.0 Å². The number of rotatable bonds is 9. The zero-order chi connectivity index (χ0) is 15.5. The molecule has 0 aliphatic rings. The van der Waals surface area contributed by atoms with Gasteiger partial charge in [-0.1, -0.05) is 5.16 Å². The van der Waals surface area contributed by atoms with Crippen molar-refractivity contribution in [2.24, 2.45) is 4.99 Å². The van der Waals surface area contributed by atoms with E-state index >= 15 is 0 Å². The minimum absolute atomic E-state index is 0. The van der Waals surface area contributed by atoms with Gasteiger partial charge in [0.2, 0.25) is 0 Å². The fourth-order valence-electron chi connectivity index (χ4n) is 2.07. The van der Waals surface area contributed by atoms with Crippen LogP contribution in [0.25, 0.3) is 0 Å². The highest BCUT2D eigenvalue weighted by Crippen LogP contribution is 2.11. The second-order valence-electron chi connectivity index (χ2n) is 4.88. The van der Waals surface area contributed by atoms with Crippen LogP contribution in [-0.2, 0) is 11.2 Å². The Hall–Kier alpha value is -0.830. The first-order valence-corrected chi connectivity index (χ1v) is 7.63. The van der Waals surface area contributed by atoms with Crippen LogP contribution in [0.4, 0.5) is 0 Å². The molecule has 0 amide bonds. The molecule has 0 fully saturated rings. The normalized spacial score (nSPS) is 11.2. The Bertz CT molecular complexity index is 416. The van der Waals surface area contributed by atoms with Gasteiger partial charge in [0.05, 0.1) is 5.69 Å². The number of hydrogen-bond acceptors (Lipinski definition) is 4. The SMILES string of the molecule is CCOCCCCNC(=NC)NCCc1c(C)noc1C.I. The molecule has 1 aromatic rings. The number of halogens is 1. The van der Waals surface area contributed by atoms with Crippen molar-refractivity contribution < 1.29 is 9.26 Å². The van der Waals surface area contributed by atoms with Crippen LogP contribution in [0.3, 0.4) is 0 Å². The maximum absolute atomic E-state index is 5.31. The van der Waals surface area contributed by atoms with Gasteiger partial charge in [-0.15, -0.1) is 24.0 Å². The van der Waals surface area contributed by atoms with Gasteiger partial charge in [0.1, 0.15) is 5.76 Å². The predicted molar refractivity (Wildman–Crippen MR) is 100 cm³/mol. The van der Waals surface area contributed by atoms with E-state index in [2.05, 4.69) is 20.8 Å². The Balaban J connectivity index is 0.00000441. The summed E-state index contributed by atoms with van der Waals surface area (Å²) >= 11 is 0. The van der Waals surface area contributed by atoms with Gasteiger partial charge >= 0.3 is 0 Å². The first-order chi connectivity index (χ1) is 10.2. The smallest absolute Gasteiger partial charge is 0.190 e. The number of hydrogen-bond donors (Lipinski definition) is 2. The number of aliphatic imine (C=N–C) groups is 1. The van der Waals surface area contributed by atoms with Gasteiger partial charge in [0.15, 0.2) is 5.96 Å². The summed E-state index contributed by atoms with van der Waals surface area (Å²) in [5, 5.41) is 10.6. The number of unbranched alkanes of at least 4 members (excludes halogenated alkanes) is 1. The fraction of sp³-hybridized carbons (Fsp3) is 0.733. The molecule has 0 saturated heterocycles. The van der Waals surface area contributed by atoms with Gasteiger partial charge in [-0.05, 0) is 40.0 Å². The van der Waals surface area contributed by atoms with Crippen LogP contribution in [0, 0.1) is 13.8 Å². The second kappa shape index (κ2) is 12.7. The molecule has 0 spiro atoms. The number of ether oxygens (including phenoxy) is 1. The molecule has 1 heterocycles. The van der Waals surface area contributed by atoms with Crippen molar-refractivity contribution in [1.82, 2.24) is 15.8 Å². The average Bonchev–Trinajstić information content (AvgIpc) is 2.80. The largest absolute Gasteiger partial charge is 0.382 e. The van der Waals surface area contributed by atoms with Crippen LogP contribution < -0.4 is 10.6 Å². The summed E-state index contributed by atoms with van der Waals surface area (Å²) in [4.78, 5) is 4.21. The maximum Gasteiger partial charge on any atom is 0.190 e. The van der Waals surface area contributed by atoms with Crippen LogP contribution in [0.2, 0.25) is 0 Å². The van der Waals surface area contributed by atoms with Gasteiger partial charge in [0.25, 0.3) is 0 Å². The number of guanidine groups is 1. The molecule has 22 heavy (non-hydrogen) atoms. The van der Waals surface area contributed by atoms with Crippen LogP contribution in [0.15, 0.2) is 9.52 Å². The minimum Gasteiger partial charge on any atom is -0.382 e. The molecule has 0 radical (unpaired) electrons. The summed E-state index contributed by atoms with van der Waals surface area (Å²) in [5.41, 5.74) is 2.14. The lowest BCUT2D eigenvalue weighted by Crippen LogP contribution is -2.38. The molecule has 0 unspecified atom stereocenters. The lowest BCUT2D eigenvalue weighted by atomic mass is 10.1. The topological polar surface area (TPSA) is 71.7 Å². The van der Waals surface area contributed by atoms with Crippen LogP contribution in [0.1, 0.15) is 36.8 Å². The molecule has 0 atom stereocenters. The number of nitrogens with zero attached hydrogens (tertiary/aromatic N) is 2. The number of aryl methyl sites for hydroxylation is 2. The molecule has 0 aromatic carbocycles. The van der Waals surface area contributed by atoms with E-state index < -0.39 is 0 Å². The molecule has 7 heteroatoms. The Morgan fingerprint density at radius 1 is 1.23 bits per heavy atom. The summed E-state index contributed by atoms with van der Waals surface area (Å²) in [7, 11) is 1.78. The van der Waals surface area contributed by atoms with Crippen molar-refractivity contribution in [1.29, 1.82) is 0 Å². The van der Waals surface area contributed by atoms with Gasteiger partial charge < -0.3 is 19.9 Å². The van der Waals surface area contributed by atoms with Crippen molar-refractivity contribution in [3.63, 3.8) is 0 Å². The Morgan fingerprint density at radius 2 is 1.95 bits per heavy atom. The van der Waals surface area contributed by atoms with Gasteiger partial charge in [-0.2, -0.15) is 0 Å². The molecule has 2 N–H and O–H groups in total. The molecule has 0 aliphatic heterocycles. The summed E-state index contributed by atoms with van der Waals surface area (Å²) in [6, 6.07) is 0. The van der Waals surface area contributed by atoms with Crippen LogP contribution in [-0.4, -0.2) is 44.5 Å². The molecule has 0 bridgehead atoms. The van der Waals surface area contributed by atoms with Crippen LogP contribution in [0.5, 0.6) is 0 Å². The fourth-order valence-corrected chi connectivity index (χ4v) is 2.07. The highest BCUT2D eigenvalue weighted by atomic mass is 127. The van der Waals surface area contributed by atoms with E-state index in [4.69, 9.17) is 9.26 Å². The number of nitrogens with one attached hydrogen (secondary N) is 2. The van der Waals surface area contributed by atoms with Gasteiger partial charge in [0, 0.05) is 38.9 Å². The van der Waals surface area contributed by atoms with E-state index in [-0.39, 0.29) is 24.0 Å². The zero-order valence-electron chi connectivity index (χ0n) is 14.1. The molecule has 0 saturated carbocycles. The van der Waals surface area contributed by atoms with Crippen molar-refractivity contribution in [3.05, 3.63) is 17.0 Å². The van der Waals surface area contributed by atoms with Crippen molar-refractivity contribution in [2.75, 3.05) is 33.4 Å². The third-order valence-corrected chi connectivity index (χ3v) is 3.28. The van der Waals surface area contributed by atoms with E-state index in [1.165, 1.54) is 5.56 Å². The Kier molecular flexibility index (Phi) is 12.2. The van der Waals surface area contributed by atoms with Crippen molar-refractivity contribution in [3.8, 4) is 0 Å². The van der Waals surface area contributed by atoms with E-state index in [0.717, 1.165) is 63.0 Å². The number of aromatic nitrogens is 1. The van der Waals surface area contributed by atoms with E-state index in [0.29, 0.717) is 0 Å². The van der Waals surface area contributed by atoms with E-state index in [9.17, 15) is 0 Å². The lowest BCUT2D eigenvalue weighted by Gasteiger charge is -2.11. The molecule has 6 nitrogen and oxygen atoms in total. The summed E-state index contributed by atoms with van der Waals surface area (Å²) in [6.45, 7) is 9.26. The molecule has 128 valence electrons. The summed E-state index contributed by atoms with van der Waals surface area (Å²) in [6.07, 6.45) is 3.02. The van der Waals surface area contributed by atoms with Crippen molar-refractivity contribution in [2.45, 2.75) is 40.0 Å². The third-order valence-electron chi connectivity index (χ3n) is 3.28. The van der Waals surface area contributed by atoms with Gasteiger partial charge in [-0.25, -0.2) is 0 Å². The highest BCUT2D eigenvalue weighted by molar-refractivity contribution is 14.0. The average molecular weight is 424 g/mol. The zero-order valence-corrected chi connectivity index (χ0v) is 16.4. The van der Waals surface area contributed by atoms with E-state index in [1.54, 1.807) is 7.05 Å². The summed E-state index contributed by atoms with van der Waals surface area (Å²) in [5.74, 6) is 1.73.